The van der Waals surface area contributed by atoms with E-state index in [1.54, 1.807) is 17.1 Å². The van der Waals surface area contributed by atoms with Crippen molar-refractivity contribution in [1.82, 2.24) is 15.1 Å². The molecule has 7 nitrogen and oxygen atoms in total. The number of nitrogens with zero attached hydrogens (tertiary/aromatic N) is 2. The number of nitrogens with one attached hydrogen (secondary N) is 1. The van der Waals surface area contributed by atoms with Crippen molar-refractivity contribution in [1.29, 1.82) is 0 Å². The Labute approximate surface area is 179 Å². The van der Waals surface area contributed by atoms with Crippen LogP contribution in [0.25, 0.3) is 6.20 Å². The van der Waals surface area contributed by atoms with Crippen LogP contribution < -0.4 is 15.8 Å². The standard InChI is InChI=1S/C23H36N4O3/c1-14(2)13-30-21-18(12-25-27(21)6-5-22(3,4)24)20(28)26-19-16-7-15-8-17(19)11-23(29,9-15)10-16/h5-6,12,14-17,19,29H,7-11,13,24H2,1-4H3,(H,26,28)/b6-5+/t15?,16?,17?,19-,23-. The molecule has 1 aromatic heterocycles. The third-order valence-corrected chi connectivity index (χ3v) is 6.73. The smallest absolute Gasteiger partial charge is 0.258 e. The lowest BCUT2D eigenvalue weighted by atomic mass is 9.52. The second kappa shape index (κ2) is 7.68. The second-order valence-electron chi connectivity index (χ2n) is 10.8. The Hall–Kier alpha value is -1.86. The Morgan fingerprint density at radius 2 is 2.07 bits per heavy atom. The Morgan fingerprint density at radius 1 is 1.40 bits per heavy atom. The number of carbonyl (C=O) groups is 1. The number of nitrogens with two attached hydrogens (primary N) is 1. The molecular weight excluding hydrogens is 380 g/mol. The van der Waals surface area contributed by atoms with Gasteiger partial charge in [-0.25, -0.2) is 4.68 Å². The highest BCUT2D eigenvalue weighted by Gasteiger charge is 2.55. The minimum atomic E-state index is -0.506. The van der Waals surface area contributed by atoms with Gasteiger partial charge < -0.3 is 20.9 Å². The van der Waals surface area contributed by atoms with Gasteiger partial charge in [0, 0.05) is 17.8 Å². The largest absolute Gasteiger partial charge is 0.477 e. The summed E-state index contributed by atoms with van der Waals surface area (Å²) in [7, 11) is 0. The van der Waals surface area contributed by atoms with E-state index in [1.807, 2.05) is 19.9 Å². The van der Waals surface area contributed by atoms with Crippen LogP contribution in [-0.4, -0.2) is 44.6 Å². The minimum absolute atomic E-state index is 0.120. The number of amides is 1. The summed E-state index contributed by atoms with van der Waals surface area (Å²) >= 11 is 0. The summed E-state index contributed by atoms with van der Waals surface area (Å²) in [6.45, 7) is 8.43. The van der Waals surface area contributed by atoms with Gasteiger partial charge in [-0.05, 0) is 75.7 Å². The van der Waals surface area contributed by atoms with E-state index in [-0.39, 0.29) is 11.9 Å². The van der Waals surface area contributed by atoms with E-state index in [0.29, 0.717) is 41.7 Å². The lowest BCUT2D eigenvalue weighted by molar-refractivity contribution is -0.136. The molecule has 0 spiro atoms. The molecular formula is C23H36N4O3. The van der Waals surface area contributed by atoms with Gasteiger partial charge >= 0.3 is 0 Å². The molecule has 0 radical (unpaired) electrons. The van der Waals surface area contributed by atoms with Gasteiger partial charge in [-0.15, -0.1) is 0 Å². The SMILES string of the molecule is CC(C)COc1c(C(=O)N[C@H]2C3CC4CC2C[C@](O)(C4)C3)cnn1/C=C/C(C)(C)N. The van der Waals surface area contributed by atoms with Crippen LogP contribution in [0.15, 0.2) is 12.3 Å². The summed E-state index contributed by atoms with van der Waals surface area (Å²) in [6, 6.07) is 0.120. The Kier molecular flexibility index (Phi) is 5.47. The molecule has 2 atom stereocenters. The predicted octanol–water partition coefficient (Wildman–Crippen LogP) is 2.80. The first-order valence-corrected chi connectivity index (χ1v) is 11.2. The topological polar surface area (TPSA) is 102 Å². The highest BCUT2D eigenvalue weighted by atomic mass is 16.5. The number of ether oxygens (including phenoxy) is 1. The van der Waals surface area contributed by atoms with Crippen molar-refractivity contribution < 1.29 is 14.6 Å². The third-order valence-electron chi connectivity index (χ3n) is 6.73. The molecule has 0 aliphatic heterocycles. The summed E-state index contributed by atoms with van der Waals surface area (Å²) in [5, 5.41) is 18.4. The molecule has 30 heavy (non-hydrogen) atoms. The van der Waals surface area contributed by atoms with Crippen molar-refractivity contribution in [2.24, 2.45) is 29.4 Å². The number of hydrogen-bond donors (Lipinski definition) is 3. The molecule has 5 rings (SSSR count). The molecule has 4 saturated carbocycles. The van der Waals surface area contributed by atoms with Gasteiger partial charge in [0.15, 0.2) is 0 Å². The van der Waals surface area contributed by atoms with Gasteiger partial charge in [0.1, 0.15) is 5.56 Å². The van der Waals surface area contributed by atoms with Crippen LogP contribution >= 0.6 is 0 Å². The van der Waals surface area contributed by atoms with E-state index in [9.17, 15) is 9.90 Å². The average molecular weight is 417 g/mol. The Morgan fingerprint density at radius 3 is 2.63 bits per heavy atom. The minimum Gasteiger partial charge on any atom is -0.477 e. The van der Waals surface area contributed by atoms with Crippen LogP contribution in [-0.2, 0) is 0 Å². The van der Waals surface area contributed by atoms with Crippen LogP contribution in [0, 0.1) is 23.7 Å². The Balaban J connectivity index is 1.53. The summed E-state index contributed by atoms with van der Waals surface area (Å²) in [5.74, 6) is 1.95. The van der Waals surface area contributed by atoms with Crippen molar-refractivity contribution in [3.8, 4) is 5.88 Å². The molecule has 1 amide bonds. The first-order chi connectivity index (χ1) is 14.0. The summed E-state index contributed by atoms with van der Waals surface area (Å²) in [5.41, 5.74) is 5.50. The second-order valence-corrected chi connectivity index (χ2v) is 10.8. The van der Waals surface area contributed by atoms with E-state index in [1.165, 1.54) is 0 Å². The molecule has 166 valence electrons. The van der Waals surface area contributed by atoms with Crippen molar-refractivity contribution in [3.05, 3.63) is 17.8 Å². The van der Waals surface area contributed by atoms with Crippen LogP contribution in [0.2, 0.25) is 0 Å². The molecule has 2 unspecified atom stereocenters. The van der Waals surface area contributed by atoms with E-state index < -0.39 is 11.1 Å². The van der Waals surface area contributed by atoms with E-state index in [0.717, 1.165) is 32.1 Å². The zero-order valence-corrected chi connectivity index (χ0v) is 18.6. The molecule has 4 N–H and O–H groups in total. The zero-order chi connectivity index (χ0) is 21.7. The number of aliphatic hydroxyl groups is 1. The predicted molar refractivity (Wildman–Crippen MR) is 116 cm³/mol. The molecule has 4 aliphatic carbocycles. The van der Waals surface area contributed by atoms with Gasteiger partial charge in [0.25, 0.3) is 5.91 Å². The van der Waals surface area contributed by atoms with Crippen LogP contribution in [0.3, 0.4) is 0 Å². The summed E-state index contributed by atoms with van der Waals surface area (Å²) < 4.78 is 7.58. The molecule has 4 aliphatic rings. The lowest BCUT2D eigenvalue weighted by Crippen LogP contribution is -2.61. The summed E-state index contributed by atoms with van der Waals surface area (Å²) in [4.78, 5) is 13.2. The van der Waals surface area contributed by atoms with Gasteiger partial charge in [-0.2, -0.15) is 5.10 Å². The van der Waals surface area contributed by atoms with Gasteiger partial charge in [0.2, 0.25) is 5.88 Å². The number of aromatic nitrogens is 2. The monoisotopic (exact) mass is 416 g/mol. The fourth-order valence-corrected chi connectivity index (χ4v) is 5.71. The fraction of sp³-hybridized carbons (Fsp3) is 0.739. The fourth-order valence-electron chi connectivity index (χ4n) is 5.71. The van der Waals surface area contributed by atoms with E-state index in [2.05, 4.69) is 24.3 Å². The summed E-state index contributed by atoms with van der Waals surface area (Å²) in [6.07, 6.45) is 9.91. The number of rotatable bonds is 7. The van der Waals surface area contributed by atoms with Gasteiger partial charge in [-0.3, -0.25) is 4.79 Å². The van der Waals surface area contributed by atoms with Crippen molar-refractivity contribution in [3.63, 3.8) is 0 Å². The van der Waals surface area contributed by atoms with Crippen molar-refractivity contribution >= 4 is 12.1 Å². The van der Waals surface area contributed by atoms with Crippen LogP contribution in [0.5, 0.6) is 5.88 Å². The third kappa shape index (κ3) is 4.42. The molecule has 1 aromatic rings. The van der Waals surface area contributed by atoms with E-state index >= 15 is 0 Å². The normalized spacial score (nSPS) is 32.9. The van der Waals surface area contributed by atoms with Gasteiger partial charge in [-0.1, -0.05) is 13.8 Å². The average Bonchev–Trinajstić information content (AvgIpc) is 3.02. The maximum atomic E-state index is 13.2. The maximum absolute atomic E-state index is 13.2. The molecule has 7 heteroatoms. The molecule has 0 aromatic carbocycles. The molecule has 4 fully saturated rings. The first kappa shape index (κ1) is 21.4. The highest BCUT2D eigenvalue weighted by molar-refractivity contribution is 5.96. The number of hydrogen-bond acceptors (Lipinski definition) is 5. The first-order valence-electron chi connectivity index (χ1n) is 11.2. The Bertz CT molecular complexity index is 807. The van der Waals surface area contributed by atoms with Gasteiger partial charge in [0.05, 0.1) is 18.4 Å². The van der Waals surface area contributed by atoms with Crippen LogP contribution in [0.4, 0.5) is 0 Å². The van der Waals surface area contributed by atoms with Crippen molar-refractivity contribution in [2.75, 3.05) is 6.61 Å². The maximum Gasteiger partial charge on any atom is 0.258 e. The molecule has 0 saturated heterocycles. The zero-order valence-electron chi connectivity index (χ0n) is 18.6. The highest BCUT2D eigenvalue weighted by Crippen LogP contribution is 2.55. The lowest BCUT2D eigenvalue weighted by Gasteiger charge is -2.58. The quantitative estimate of drug-likeness (QED) is 0.634. The van der Waals surface area contributed by atoms with E-state index in [4.69, 9.17) is 10.5 Å². The molecule has 4 bridgehead atoms. The number of carbonyl (C=O) groups excluding carboxylic acids is 1. The van der Waals surface area contributed by atoms with Crippen LogP contribution in [0.1, 0.15) is 70.2 Å². The molecule has 1 heterocycles. The van der Waals surface area contributed by atoms with Crippen molar-refractivity contribution in [2.45, 2.75) is 77.0 Å².